The van der Waals surface area contributed by atoms with Crippen molar-refractivity contribution in [3.63, 3.8) is 0 Å². The maximum absolute atomic E-state index is 11.2. The van der Waals surface area contributed by atoms with Gasteiger partial charge in [0.2, 0.25) is 0 Å². The zero-order chi connectivity index (χ0) is 12.1. The first-order valence-corrected chi connectivity index (χ1v) is 5.64. The number of carbonyl (C=O) groups is 2. The van der Waals surface area contributed by atoms with Crippen molar-refractivity contribution in [3.05, 3.63) is 12.7 Å². The normalized spacial score (nSPS) is 20.2. The Kier molecular flexibility index (Phi) is 4.52. The average Bonchev–Trinajstić information content (AvgIpc) is 2.69. The molecule has 1 aliphatic carbocycles. The van der Waals surface area contributed by atoms with Gasteiger partial charge in [0.15, 0.2) is 0 Å². The number of carboxylic acid groups (broad SMARTS) is 2. The number of aliphatic carboxylic acids is 2. The highest BCUT2D eigenvalue weighted by atomic mass is 16.4. The lowest BCUT2D eigenvalue weighted by Gasteiger charge is -2.24. The van der Waals surface area contributed by atoms with Crippen LogP contribution in [0, 0.1) is 17.8 Å². The molecule has 0 unspecified atom stereocenters. The highest BCUT2D eigenvalue weighted by Gasteiger charge is 2.39. The van der Waals surface area contributed by atoms with E-state index in [0.717, 1.165) is 25.7 Å². The summed E-state index contributed by atoms with van der Waals surface area (Å²) in [5.41, 5.74) is 0. The maximum atomic E-state index is 11.2. The first-order valence-electron chi connectivity index (χ1n) is 5.64. The molecule has 0 aromatic carbocycles. The van der Waals surface area contributed by atoms with Crippen LogP contribution in [0.5, 0.6) is 0 Å². The fourth-order valence-corrected chi connectivity index (χ4v) is 2.60. The number of carboxylic acids is 2. The number of hydrogen-bond acceptors (Lipinski definition) is 2. The summed E-state index contributed by atoms with van der Waals surface area (Å²) < 4.78 is 0. The van der Waals surface area contributed by atoms with Crippen molar-refractivity contribution in [2.45, 2.75) is 32.1 Å². The largest absolute Gasteiger partial charge is 0.481 e. The van der Waals surface area contributed by atoms with Gasteiger partial charge >= 0.3 is 11.9 Å². The molecule has 2 atom stereocenters. The van der Waals surface area contributed by atoms with Crippen LogP contribution < -0.4 is 0 Å². The van der Waals surface area contributed by atoms with Crippen molar-refractivity contribution in [2.24, 2.45) is 17.8 Å². The third kappa shape index (κ3) is 2.84. The van der Waals surface area contributed by atoms with Crippen LogP contribution in [0.3, 0.4) is 0 Å². The van der Waals surface area contributed by atoms with Crippen LogP contribution in [0.4, 0.5) is 0 Å². The van der Waals surface area contributed by atoms with Crippen LogP contribution in [-0.4, -0.2) is 22.2 Å². The topological polar surface area (TPSA) is 74.6 Å². The summed E-state index contributed by atoms with van der Waals surface area (Å²) in [6, 6.07) is 0. The summed E-state index contributed by atoms with van der Waals surface area (Å²) in [5, 5.41) is 18.3. The molecule has 0 spiro atoms. The van der Waals surface area contributed by atoms with E-state index in [9.17, 15) is 14.7 Å². The van der Waals surface area contributed by atoms with Gasteiger partial charge in [-0.05, 0) is 25.2 Å². The van der Waals surface area contributed by atoms with Gasteiger partial charge in [0.1, 0.15) is 0 Å². The highest BCUT2D eigenvalue weighted by molar-refractivity contribution is 5.80. The SMILES string of the molecule is C=CC[C@@H](C(=O)O)[C@@H](C(=O)O)C1CCCC1. The van der Waals surface area contributed by atoms with Crippen molar-refractivity contribution < 1.29 is 19.8 Å². The zero-order valence-electron chi connectivity index (χ0n) is 9.26. The lowest BCUT2D eigenvalue weighted by Crippen LogP contribution is -2.34. The Labute approximate surface area is 95.0 Å². The molecule has 1 aliphatic rings. The molecular formula is C12H18O4. The van der Waals surface area contributed by atoms with Gasteiger partial charge in [-0.3, -0.25) is 9.59 Å². The van der Waals surface area contributed by atoms with Gasteiger partial charge in [-0.2, -0.15) is 0 Å². The van der Waals surface area contributed by atoms with Crippen LogP contribution in [0.25, 0.3) is 0 Å². The van der Waals surface area contributed by atoms with Gasteiger partial charge in [-0.25, -0.2) is 0 Å². The van der Waals surface area contributed by atoms with Crippen LogP contribution >= 0.6 is 0 Å². The van der Waals surface area contributed by atoms with Gasteiger partial charge in [0.05, 0.1) is 11.8 Å². The van der Waals surface area contributed by atoms with Crippen LogP contribution in [0.2, 0.25) is 0 Å². The average molecular weight is 226 g/mol. The van der Waals surface area contributed by atoms with E-state index >= 15 is 0 Å². The summed E-state index contributed by atoms with van der Waals surface area (Å²) in [6.07, 6.45) is 5.39. The van der Waals surface area contributed by atoms with Crippen LogP contribution in [-0.2, 0) is 9.59 Å². The van der Waals surface area contributed by atoms with Crippen molar-refractivity contribution in [1.82, 2.24) is 0 Å². The summed E-state index contributed by atoms with van der Waals surface area (Å²) in [5.74, 6) is -3.60. The standard InChI is InChI=1S/C12H18O4/c1-2-5-9(11(13)14)10(12(15)16)8-6-3-4-7-8/h2,8-10H,1,3-7H2,(H,13,14)(H,15,16)/t9-,10+/m1/s1. The minimum Gasteiger partial charge on any atom is -0.481 e. The molecule has 0 saturated heterocycles. The molecule has 90 valence electrons. The molecule has 0 radical (unpaired) electrons. The second kappa shape index (κ2) is 5.68. The van der Waals surface area contributed by atoms with Crippen molar-refractivity contribution in [3.8, 4) is 0 Å². The Hall–Kier alpha value is -1.32. The number of rotatable bonds is 6. The monoisotopic (exact) mass is 226 g/mol. The van der Waals surface area contributed by atoms with E-state index in [1.807, 2.05) is 0 Å². The minimum absolute atomic E-state index is 0.0125. The quantitative estimate of drug-likeness (QED) is 0.680. The Balaban J connectivity index is 2.83. The van der Waals surface area contributed by atoms with Gasteiger partial charge < -0.3 is 10.2 Å². The smallest absolute Gasteiger partial charge is 0.307 e. The van der Waals surface area contributed by atoms with Crippen molar-refractivity contribution >= 4 is 11.9 Å². The van der Waals surface area contributed by atoms with Gasteiger partial charge in [0.25, 0.3) is 0 Å². The van der Waals surface area contributed by atoms with E-state index in [4.69, 9.17) is 5.11 Å². The summed E-state index contributed by atoms with van der Waals surface area (Å²) >= 11 is 0. The Morgan fingerprint density at radius 3 is 2.19 bits per heavy atom. The summed E-state index contributed by atoms with van der Waals surface area (Å²) in [7, 11) is 0. The van der Waals surface area contributed by atoms with Crippen LogP contribution in [0.15, 0.2) is 12.7 Å². The predicted molar refractivity (Wildman–Crippen MR) is 59.0 cm³/mol. The Morgan fingerprint density at radius 2 is 1.81 bits per heavy atom. The number of hydrogen-bond donors (Lipinski definition) is 2. The van der Waals surface area contributed by atoms with E-state index in [1.54, 1.807) is 0 Å². The van der Waals surface area contributed by atoms with Crippen molar-refractivity contribution in [1.29, 1.82) is 0 Å². The molecule has 0 heterocycles. The van der Waals surface area contributed by atoms with Gasteiger partial charge in [-0.1, -0.05) is 18.9 Å². The summed E-state index contributed by atoms with van der Waals surface area (Å²) in [6.45, 7) is 3.49. The second-order valence-electron chi connectivity index (χ2n) is 4.38. The molecule has 1 rings (SSSR count). The van der Waals surface area contributed by atoms with E-state index in [1.165, 1.54) is 6.08 Å². The zero-order valence-corrected chi connectivity index (χ0v) is 9.26. The molecule has 1 saturated carbocycles. The molecule has 0 bridgehead atoms. The van der Waals surface area contributed by atoms with Crippen molar-refractivity contribution in [2.75, 3.05) is 0 Å². The first-order chi connectivity index (χ1) is 7.57. The molecule has 0 aromatic heterocycles. The van der Waals surface area contributed by atoms with Gasteiger partial charge in [-0.15, -0.1) is 6.58 Å². The predicted octanol–water partition coefficient (Wildman–Crippen LogP) is 2.15. The molecular weight excluding hydrogens is 208 g/mol. The molecule has 16 heavy (non-hydrogen) atoms. The molecule has 2 N–H and O–H groups in total. The van der Waals surface area contributed by atoms with Crippen LogP contribution in [0.1, 0.15) is 32.1 Å². The minimum atomic E-state index is -1.03. The van der Waals surface area contributed by atoms with E-state index in [2.05, 4.69) is 6.58 Å². The summed E-state index contributed by atoms with van der Waals surface area (Å²) in [4.78, 5) is 22.3. The van der Waals surface area contributed by atoms with Gasteiger partial charge in [0, 0.05) is 0 Å². The molecule has 4 nitrogen and oxygen atoms in total. The molecule has 0 aliphatic heterocycles. The molecule has 4 heteroatoms. The molecule has 1 fully saturated rings. The third-order valence-corrected chi connectivity index (χ3v) is 3.36. The Bertz CT molecular complexity index is 279. The fourth-order valence-electron chi connectivity index (χ4n) is 2.60. The second-order valence-corrected chi connectivity index (χ2v) is 4.38. The maximum Gasteiger partial charge on any atom is 0.307 e. The lowest BCUT2D eigenvalue weighted by atomic mass is 9.79. The third-order valence-electron chi connectivity index (χ3n) is 3.36. The van der Waals surface area contributed by atoms with E-state index in [0.29, 0.717) is 0 Å². The first kappa shape index (κ1) is 12.7. The molecule has 0 aromatic rings. The fraction of sp³-hybridized carbons (Fsp3) is 0.667. The van der Waals surface area contributed by atoms with E-state index < -0.39 is 23.8 Å². The lowest BCUT2D eigenvalue weighted by molar-refractivity contribution is -0.156. The number of allylic oxidation sites excluding steroid dienone is 1. The molecule has 0 amide bonds. The Morgan fingerprint density at radius 1 is 1.25 bits per heavy atom. The highest BCUT2D eigenvalue weighted by Crippen LogP contribution is 2.36. The van der Waals surface area contributed by atoms with E-state index in [-0.39, 0.29) is 12.3 Å².